The number of carboxylic acid groups (broad SMARTS) is 1. The van der Waals surface area contributed by atoms with Gasteiger partial charge in [0.05, 0.1) is 7.11 Å². The van der Waals surface area contributed by atoms with E-state index in [-0.39, 0.29) is 6.42 Å². The van der Waals surface area contributed by atoms with Crippen LogP contribution in [-0.2, 0) is 11.2 Å². The van der Waals surface area contributed by atoms with Gasteiger partial charge in [-0.2, -0.15) is 0 Å². The van der Waals surface area contributed by atoms with Crippen molar-refractivity contribution in [1.29, 1.82) is 0 Å². The molecule has 27 heavy (non-hydrogen) atoms. The van der Waals surface area contributed by atoms with Crippen molar-refractivity contribution in [2.75, 3.05) is 7.11 Å². The van der Waals surface area contributed by atoms with Crippen LogP contribution in [0, 0.1) is 6.92 Å². The Kier molecular flexibility index (Phi) is 5.77. The van der Waals surface area contributed by atoms with Crippen molar-refractivity contribution in [3.05, 3.63) is 83.9 Å². The van der Waals surface area contributed by atoms with Gasteiger partial charge in [0.1, 0.15) is 11.5 Å². The Bertz CT molecular complexity index is 901. The Morgan fingerprint density at radius 1 is 0.963 bits per heavy atom. The molecule has 0 heterocycles. The quantitative estimate of drug-likeness (QED) is 0.659. The number of aryl methyl sites for hydroxylation is 1. The second-order valence-electron chi connectivity index (χ2n) is 6.35. The number of hydrogen-bond acceptors (Lipinski definition) is 3. The molecule has 4 heteroatoms. The van der Waals surface area contributed by atoms with Crippen molar-refractivity contribution in [3.63, 3.8) is 0 Å². The molecule has 1 atom stereocenters. The first kappa shape index (κ1) is 18.5. The molecule has 0 fully saturated rings. The van der Waals surface area contributed by atoms with Crippen LogP contribution < -0.4 is 9.47 Å². The first-order chi connectivity index (χ1) is 13.1. The molecular formula is C23H22O4. The highest BCUT2D eigenvalue weighted by atomic mass is 16.5. The third kappa shape index (κ3) is 4.67. The van der Waals surface area contributed by atoms with E-state index in [4.69, 9.17) is 9.47 Å². The fraction of sp³-hybridized carbons (Fsp3) is 0.174. The SMILES string of the molecule is COc1ccc(C)cc1CC(Oc1ccc(-c2ccccc2)cc1)C(=O)O. The number of carbonyl (C=O) groups is 1. The topological polar surface area (TPSA) is 55.8 Å². The smallest absolute Gasteiger partial charge is 0.345 e. The van der Waals surface area contributed by atoms with Crippen LogP contribution in [0.5, 0.6) is 11.5 Å². The molecule has 1 unspecified atom stereocenters. The lowest BCUT2D eigenvalue weighted by Crippen LogP contribution is -2.29. The summed E-state index contributed by atoms with van der Waals surface area (Å²) >= 11 is 0. The Labute approximate surface area is 159 Å². The summed E-state index contributed by atoms with van der Waals surface area (Å²) in [5, 5.41) is 9.60. The summed E-state index contributed by atoms with van der Waals surface area (Å²) in [6.45, 7) is 1.96. The second-order valence-corrected chi connectivity index (χ2v) is 6.35. The molecule has 4 nitrogen and oxygen atoms in total. The molecule has 0 aliphatic carbocycles. The summed E-state index contributed by atoms with van der Waals surface area (Å²) in [5.41, 5.74) is 4.01. The molecule has 0 aliphatic rings. The van der Waals surface area contributed by atoms with E-state index in [9.17, 15) is 9.90 Å². The van der Waals surface area contributed by atoms with Gasteiger partial charge in [-0.3, -0.25) is 0 Å². The average Bonchev–Trinajstić information content (AvgIpc) is 2.69. The number of methoxy groups -OCH3 is 1. The number of benzene rings is 3. The summed E-state index contributed by atoms with van der Waals surface area (Å²) in [6.07, 6.45) is -0.774. The molecule has 1 N–H and O–H groups in total. The highest BCUT2D eigenvalue weighted by Crippen LogP contribution is 2.25. The third-order valence-corrected chi connectivity index (χ3v) is 4.36. The molecule has 0 bridgehead atoms. The zero-order chi connectivity index (χ0) is 19.2. The molecule has 0 spiro atoms. The molecule has 3 aromatic rings. The summed E-state index contributed by atoms with van der Waals surface area (Å²) in [7, 11) is 1.58. The molecule has 0 aliphatic heterocycles. The Morgan fingerprint density at radius 3 is 2.26 bits per heavy atom. The van der Waals surface area contributed by atoms with Crippen molar-refractivity contribution in [2.24, 2.45) is 0 Å². The molecule has 0 aromatic heterocycles. The first-order valence-electron chi connectivity index (χ1n) is 8.75. The van der Waals surface area contributed by atoms with Gasteiger partial charge in [-0.25, -0.2) is 4.79 Å². The van der Waals surface area contributed by atoms with Gasteiger partial charge in [0.2, 0.25) is 0 Å². The van der Waals surface area contributed by atoms with Gasteiger partial charge in [-0.15, -0.1) is 0 Å². The van der Waals surface area contributed by atoms with E-state index in [0.717, 1.165) is 22.3 Å². The standard InChI is InChI=1S/C23H22O4/c1-16-8-13-21(26-2)19(14-16)15-22(23(24)25)27-20-11-9-18(10-12-20)17-6-4-3-5-7-17/h3-14,22H,15H2,1-2H3,(H,24,25). The fourth-order valence-corrected chi connectivity index (χ4v) is 2.97. The summed E-state index contributed by atoms with van der Waals surface area (Å²) in [5.74, 6) is 0.175. The zero-order valence-electron chi connectivity index (χ0n) is 15.4. The van der Waals surface area contributed by atoms with Crippen molar-refractivity contribution >= 4 is 5.97 Å². The zero-order valence-corrected chi connectivity index (χ0v) is 15.4. The number of carboxylic acids is 1. The van der Waals surface area contributed by atoms with Crippen LogP contribution in [0.1, 0.15) is 11.1 Å². The Morgan fingerprint density at radius 2 is 1.63 bits per heavy atom. The molecule has 3 aromatic carbocycles. The van der Waals surface area contributed by atoms with Gasteiger partial charge in [0.25, 0.3) is 0 Å². The van der Waals surface area contributed by atoms with E-state index in [1.54, 1.807) is 19.2 Å². The monoisotopic (exact) mass is 362 g/mol. The van der Waals surface area contributed by atoms with E-state index in [0.29, 0.717) is 11.5 Å². The van der Waals surface area contributed by atoms with Crippen molar-refractivity contribution in [3.8, 4) is 22.6 Å². The predicted molar refractivity (Wildman–Crippen MR) is 105 cm³/mol. The number of rotatable bonds is 7. The third-order valence-electron chi connectivity index (χ3n) is 4.36. The molecule has 0 saturated heterocycles. The van der Waals surface area contributed by atoms with Crippen molar-refractivity contribution < 1.29 is 19.4 Å². The number of hydrogen-bond donors (Lipinski definition) is 1. The first-order valence-corrected chi connectivity index (χ1v) is 8.75. The van der Waals surface area contributed by atoms with Crippen LogP contribution in [0.3, 0.4) is 0 Å². The summed E-state index contributed by atoms with van der Waals surface area (Å²) in [6, 6.07) is 23.1. The maximum absolute atomic E-state index is 11.7. The van der Waals surface area contributed by atoms with E-state index < -0.39 is 12.1 Å². The van der Waals surface area contributed by atoms with Crippen LogP contribution >= 0.6 is 0 Å². The van der Waals surface area contributed by atoms with Gasteiger partial charge in [0.15, 0.2) is 6.10 Å². The van der Waals surface area contributed by atoms with Crippen molar-refractivity contribution in [1.82, 2.24) is 0 Å². The van der Waals surface area contributed by atoms with E-state index in [1.165, 1.54) is 0 Å². The fourth-order valence-electron chi connectivity index (χ4n) is 2.97. The number of ether oxygens (including phenoxy) is 2. The maximum atomic E-state index is 11.7. The second kappa shape index (κ2) is 8.41. The Hall–Kier alpha value is -3.27. The van der Waals surface area contributed by atoms with Crippen LogP contribution in [0.25, 0.3) is 11.1 Å². The van der Waals surface area contributed by atoms with Crippen molar-refractivity contribution in [2.45, 2.75) is 19.4 Å². The Balaban J connectivity index is 1.77. The van der Waals surface area contributed by atoms with E-state index in [2.05, 4.69) is 0 Å². The molecule has 138 valence electrons. The predicted octanol–water partition coefficient (Wildman–Crippen LogP) is 4.75. The van der Waals surface area contributed by atoms with Crippen LogP contribution in [0.15, 0.2) is 72.8 Å². The average molecular weight is 362 g/mol. The largest absolute Gasteiger partial charge is 0.496 e. The minimum absolute atomic E-state index is 0.223. The maximum Gasteiger partial charge on any atom is 0.345 e. The van der Waals surface area contributed by atoms with Gasteiger partial charge >= 0.3 is 5.97 Å². The van der Waals surface area contributed by atoms with Gasteiger partial charge < -0.3 is 14.6 Å². The normalized spacial score (nSPS) is 11.6. The lowest BCUT2D eigenvalue weighted by molar-refractivity contribution is -0.145. The molecular weight excluding hydrogens is 340 g/mol. The summed E-state index contributed by atoms with van der Waals surface area (Å²) in [4.78, 5) is 11.7. The molecule has 0 amide bonds. The lowest BCUT2D eigenvalue weighted by Gasteiger charge is -2.17. The van der Waals surface area contributed by atoms with Gasteiger partial charge in [-0.1, -0.05) is 60.2 Å². The molecule has 0 saturated carbocycles. The molecule has 0 radical (unpaired) electrons. The number of aliphatic carboxylic acids is 1. The van der Waals surface area contributed by atoms with Crippen LogP contribution in [0.4, 0.5) is 0 Å². The summed E-state index contributed by atoms with van der Waals surface area (Å²) < 4.78 is 11.1. The van der Waals surface area contributed by atoms with Crippen LogP contribution in [-0.4, -0.2) is 24.3 Å². The van der Waals surface area contributed by atoms with Gasteiger partial charge in [0, 0.05) is 6.42 Å². The molecule has 3 rings (SSSR count). The minimum atomic E-state index is -1.01. The van der Waals surface area contributed by atoms with Gasteiger partial charge in [-0.05, 0) is 41.8 Å². The van der Waals surface area contributed by atoms with E-state index in [1.807, 2.05) is 67.6 Å². The van der Waals surface area contributed by atoms with E-state index >= 15 is 0 Å². The highest BCUT2D eigenvalue weighted by molar-refractivity contribution is 5.73. The minimum Gasteiger partial charge on any atom is -0.496 e. The lowest BCUT2D eigenvalue weighted by atomic mass is 10.0. The van der Waals surface area contributed by atoms with Crippen LogP contribution in [0.2, 0.25) is 0 Å². The highest BCUT2D eigenvalue weighted by Gasteiger charge is 2.22.